The van der Waals surface area contributed by atoms with E-state index in [1.807, 2.05) is 4.90 Å². The van der Waals surface area contributed by atoms with Crippen LogP contribution >= 0.6 is 0 Å². The fourth-order valence-electron chi connectivity index (χ4n) is 3.27. The number of carbonyl (C=O) groups excluding carboxylic acids is 1. The molecule has 1 aliphatic heterocycles. The van der Waals surface area contributed by atoms with Gasteiger partial charge in [0.05, 0.1) is 12.0 Å². The van der Waals surface area contributed by atoms with E-state index < -0.39 is 11.5 Å². The van der Waals surface area contributed by atoms with Crippen LogP contribution < -0.4 is 5.32 Å². The molecule has 2 rings (SSSR count). The molecule has 0 atom stereocenters. The molecule has 2 amide bonds. The molecule has 19 heavy (non-hydrogen) atoms. The highest BCUT2D eigenvalue weighted by Gasteiger charge is 2.38. The summed E-state index contributed by atoms with van der Waals surface area (Å²) in [5.41, 5.74) is -0.505. The second-order valence-corrected chi connectivity index (χ2v) is 5.89. The first-order valence-corrected chi connectivity index (χ1v) is 7.40. The summed E-state index contributed by atoms with van der Waals surface area (Å²) in [7, 11) is 0. The van der Waals surface area contributed by atoms with Gasteiger partial charge in [-0.3, -0.25) is 4.79 Å². The van der Waals surface area contributed by atoms with E-state index >= 15 is 0 Å². The Hall–Kier alpha value is -1.26. The smallest absolute Gasteiger partial charge is 0.317 e. The topological polar surface area (TPSA) is 69.6 Å². The summed E-state index contributed by atoms with van der Waals surface area (Å²) >= 11 is 0. The molecule has 2 fully saturated rings. The minimum Gasteiger partial charge on any atom is -0.481 e. The van der Waals surface area contributed by atoms with Gasteiger partial charge in [0.25, 0.3) is 0 Å². The van der Waals surface area contributed by atoms with E-state index in [1.165, 1.54) is 12.8 Å². The quantitative estimate of drug-likeness (QED) is 0.825. The van der Waals surface area contributed by atoms with Crippen LogP contribution in [0.1, 0.15) is 57.8 Å². The summed E-state index contributed by atoms with van der Waals surface area (Å²) in [6.45, 7) is 1.60. The van der Waals surface area contributed by atoms with Crippen LogP contribution in [0.15, 0.2) is 0 Å². The van der Waals surface area contributed by atoms with Gasteiger partial charge in [-0.2, -0.15) is 0 Å². The fraction of sp³-hybridized carbons (Fsp3) is 0.857. The lowest BCUT2D eigenvalue weighted by molar-refractivity contribution is -0.138. The van der Waals surface area contributed by atoms with E-state index in [0.717, 1.165) is 51.6 Å². The van der Waals surface area contributed by atoms with Crippen molar-refractivity contribution in [1.29, 1.82) is 0 Å². The zero-order valence-corrected chi connectivity index (χ0v) is 11.5. The molecule has 5 heteroatoms. The molecule has 0 aromatic heterocycles. The van der Waals surface area contributed by atoms with E-state index in [2.05, 4.69) is 5.32 Å². The van der Waals surface area contributed by atoms with Crippen molar-refractivity contribution in [3.05, 3.63) is 0 Å². The maximum atomic E-state index is 12.3. The molecule has 2 N–H and O–H groups in total. The molecule has 5 nitrogen and oxygen atoms in total. The summed E-state index contributed by atoms with van der Waals surface area (Å²) in [4.78, 5) is 25.2. The molecule has 0 aromatic rings. The van der Waals surface area contributed by atoms with Crippen LogP contribution in [0.3, 0.4) is 0 Å². The van der Waals surface area contributed by atoms with Gasteiger partial charge < -0.3 is 15.3 Å². The highest BCUT2D eigenvalue weighted by molar-refractivity contribution is 5.77. The first kappa shape index (κ1) is 14.2. The van der Waals surface area contributed by atoms with Gasteiger partial charge in [0, 0.05) is 13.1 Å². The summed E-state index contributed by atoms with van der Waals surface area (Å²) in [6, 6.07) is -0.0648. The molecule has 1 aliphatic carbocycles. The van der Waals surface area contributed by atoms with Crippen molar-refractivity contribution in [3.8, 4) is 0 Å². The van der Waals surface area contributed by atoms with Crippen molar-refractivity contribution in [2.24, 2.45) is 0 Å². The fourth-order valence-corrected chi connectivity index (χ4v) is 3.27. The zero-order valence-electron chi connectivity index (χ0n) is 11.5. The maximum absolute atomic E-state index is 12.3. The minimum atomic E-state index is -0.821. The third-order valence-corrected chi connectivity index (χ3v) is 4.32. The van der Waals surface area contributed by atoms with E-state index in [1.54, 1.807) is 0 Å². The molecule has 0 aromatic carbocycles. The highest BCUT2D eigenvalue weighted by Crippen LogP contribution is 2.33. The SMILES string of the molecule is O=C(O)CC1(NC(=O)N2CCCCCC2)CCCC1. The van der Waals surface area contributed by atoms with Crippen LogP contribution in [0.25, 0.3) is 0 Å². The lowest BCUT2D eigenvalue weighted by Gasteiger charge is -2.32. The van der Waals surface area contributed by atoms with E-state index in [0.29, 0.717) is 0 Å². The normalized spacial score (nSPS) is 22.8. The van der Waals surface area contributed by atoms with Gasteiger partial charge in [0.15, 0.2) is 0 Å². The first-order chi connectivity index (χ1) is 9.11. The van der Waals surface area contributed by atoms with Crippen LogP contribution in [-0.2, 0) is 4.79 Å². The van der Waals surface area contributed by atoms with Crippen molar-refractivity contribution >= 4 is 12.0 Å². The summed E-state index contributed by atoms with van der Waals surface area (Å²) in [6.07, 6.45) is 8.12. The number of hydrogen-bond acceptors (Lipinski definition) is 2. The largest absolute Gasteiger partial charge is 0.481 e. The van der Waals surface area contributed by atoms with Crippen LogP contribution in [0.5, 0.6) is 0 Å². The number of aliphatic carboxylic acids is 1. The monoisotopic (exact) mass is 268 g/mol. The average molecular weight is 268 g/mol. The molecule has 1 saturated carbocycles. The summed E-state index contributed by atoms with van der Waals surface area (Å²) in [5, 5.41) is 12.1. The minimum absolute atomic E-state index is 0.0482. The molecule has 2 aliphatic rings. The number of carboxylic acids is 1. The molecule has 0 spiro atoms. The van der Waals surface area contributed by atoms with E-state index in [-0.39, 0.29) is 12.5 Å². The molecule has 0 radical (unpaired) electrons. The third kappa shape index (κ3) is 3.85. The number of urea groups is 1. The standard InChI is InChI=1S/C14H24N2O3/c17-12(18)11-14(7-3-4-8-14)15-13(19)16-9-5-1-2-6-10-16/h1-11H2,(H,15,19)(H,17,18). The maximum Gasteiger partial charge on any atom is 0.317 e. The predicted octanol–water partition coefficient (Wildman–Crippen LogP) is 2.36. The average Bonchev–Trinajstić information content (AvgIpc) is 2.65. The van der Waals surface area contributed by atoms with Crippen LogP contribution in [0.4, 0.5) is 4.79 Å². The Morgan fingerprint density at radius 2 is 1.58 bits per heavy atom. The van der Waals surface area contributed by atoms with Crippen molar-refractivity contribution < 1.29 is 14.7 Å². The number of nitrogens with zero attached hydrogens (tertiary/aromatic N) is 1. The predicted molar refractivity (Wildman–Crippen MR) is 72.0 cm³/mol. The van der Waals surface area contributed by atoms with Crippen molar-refractivity contribution in [3.63, 3.8) is 0 Å². The van der Waals surface area contributed by atoms with Gasteiger partial charge >= 0.3 is 12.0 Å². The molecule has 1 heterocycles. The van der Waals surface area contributed by atoms with Crippen LogP contribution in [0, 0.1) is 0 Å². The highest BCUT2D eigenvalue weighted by atomic mass is 16.4. The molecule has 0 bridgehead atoms. The Bertz CT molecular complexity index is 330. The molecular formula is C14H24N2O3. The number of nitrogens with one attached hydrogen (secondary N) is 1. The number of rotatable bonds is 3. The zero-order chi connectivity index (χ0) is 13.7. The number of hydrogen-bond donors (Lipinski definition) is 2. The van der Waals surface area contributed by atoms with Gasteiger partial charge in [0.2, 0.25) is 0 Å². The Morgan fingerprint density at radius 3 is 2.11 bits per heavy atom. The Balaban J connectivity index is 1.96. The lowest BCUT2D eigenvalue weighted by Crippen LogP contribution is -2.53. The Kier molecular flexibility index (Phi) is 4.66. The number of carboxylic acid groups (broad SMARTS) is 1. The van der Waals surface area contributed by atoms with Crippen LogP contribution in [-0.4, -0.2) is 40.6 Å². The number of likely N-dealkylation sites (tertiary alicyclic amines) is 1. The van der Waals surface area contributed by atoms with Gasteiger partial charge in [-0.05, 0) is 25.7 Å². The molecule has 0 unspecified atom stereocenters. The number of amides is 2. The summed E-state index contributed by atoms with van der Waals surface area (Å²) < 4.78 is 0. The Morgan fingerprint density at radius 1 is 1.00 bits per heavy atom. The Labute approximate surface area is 114 Å². The lowest BCUT2D eigenvalue weighted by atomic mass is 9.93. The van der Waals surface area contributed by atoms with Gasteiger partial charge in [-0.1, -0.05) is 25.7 Å². The van der Waals surface area contributed by atoms with Gasteiger partial charge in [0.1, 0.15) is 0 Å². The summed E-state index contributed by atoms with van der Waals surface area (Å²) in [5.74, 6) is -0.821. The van der Waals surface area contributed by atoms with E-state index in [4.69, 9.17) is 5.11 Å². The van der Waals surface area contributed by atoms with E-state index in [9.17, 15) is 9.59 Å². The van der Waals surface area contributed by atoms with Crippen molar-refractivity contribution in [2.45, 2.75) is 63.3 Å². The van der Waals surface area contributed by atoms with Gasteiger partial charge in [-0.25, -0.2) is 4.79 Å². The van der Waals surface area contributed by atoms with Crippen molar-refractivity contribution in [1.82, 2.24) is 10.2 Å². The van der Waals surface area contributed by atoms with Gasteiger partial charge in [-0.15, -0.1) is 0 Å². The second-order valence-electron chi connectivity index (χ2n) is 5.89. The first-order valence-electron chi connectivity index (χ1n) is 7.40. The number of carbonyl (C=O) groups is 2. The molecule has 108 valence electrons. The third-order valence-electron chi connectivity index (χ3n) is 4.32. The van der Waals surface area contributed by atoms with Crippen LogP contribution in [0.2, 0.25) is 0 Å². The second kappa shape index (κ2) is 6.26. The molecule has 1 saturated heterocycles. The molecular weight excluding hydrogens is 244 g/mol. The van der Waals surface area contributed by atoms with Crippen molar-refractivity contribution in [2.75, 3.05) is 13.1 Å².